The third kappa shape index (κ3) is 3.87. The van der Waals surface area contributed by atoms with Crippen LogP contribution in [0.1, 0.15) is 21.5 Å². The van der Waals surface area contributed by atoms with E-state index in [9.17, 15) is 9.59 Å². The van der Waals surface area contributed by atoms with Gasteiger partial charge in [0.05, 0.1) is 6.54 Å². The maximum Gasteiger partial charge on any atom is 0.259 e. The number of carbonyl (C=O) groups excluding carboxylic acids is 2. The number of hydrogen-bond donors (Lipinski definition) is 0. The van der Waals surface area contributed by atoms with Crippen LogP contribution in [-0.2, 0) is 4.79 Å². The number of hydrogen-bond acceptors (Lipinski definition) is 3. The molecule has 3 rings (SSSR count). The molecule has 2 aromatic carbocycles. The molecule has 140 valence electrons. The smallest absolute Gasteiger partial charge is 0.259 e. The molecule has 0 aliphatic carbocycles. The van der Waals surface area contributed by atoms with Gasteiger partial charge < -0.3 is 0 Å². The summed E-state index contributed by atoms with van der Waals surface area (Å²) in [6, 6.07) is 13.9. The number of aliphatic imine (C=N–C) groups is 1. The number of nitrogens with zero attached hydrogens (tertiary/aromatic N) is 2. The molecular formula is C23H19ClN2O2. The Morgan fingerprint density at radius 3 is 2.46 bits per heavy atom. The van der Waals surface area contributed by atoms with E-state index in [-0.39, 0.29) is 11.7 Å². The van der Waals surface area contributed by atoms with Crippen LogP contribution >= 0.6 is 11.6 Å². The Morgan fingerprint density at radius 1 is 1.07 bits per heavy atom. The van der Waals surface area contributed by atoms with Crippen molar-refractivity contribution in [2.75, 3.05) is 13.1 Å². The molecule has 0 radical (unpaired) electrons. The van der Waals surface area contributed by atoms with Crippen LogP contribution < -0.4 is 0 Å². The Kier molecular flexibility index (Phi) is 6.02. The first-order valence-electron chi connectivity index (χ1n) is 8.78. The quantitative estimate of drug-likeness (QED) is 0.415. The highest BCUT2D eigenvalue weighted by molar-refractivity contribution is 6.30. The molecule has 0 spiro atoms. The van der Waals surface area contributed by atoms with Gasteiger partial charge in [-0.15, -0.1) is 0 Å². The van der Waals surface area contributed by atoms with Gasteiger partial charge in [0, 0.05) is 33.8 Å². The van der Waals surface area contributed by atoms with Crippen LogP contribution in [0.15, 0.2) is 90.5 Å². The second-order valence-electron chi connectivity index (χ2n) is 6.11. The SMILES string of the molecule is C=C/C=C(\C=C)C(=O)N1CCN=C1c1ccccc1C(=O)c1ccc(Cl)cc1. The number of amidine groups is 1. The highest BCUT2D eigenvalue weighted by atomic mass is 35.5. The molecule has 0 unspecified atom stereocenters. The Balaban J connectivity index is 2.00. The van der Waals surface area contributed by atoms with Gasteiger partial charge in [-0.2, -0.15) is 0 Å². The fourth-order valence-electron chi connectivity index (χ4n) is 3.02. The molecule has 0 saturated carbocycles. The third-order valence-corrected chi connectivity index (χ3v) is 4.62. The standard InChI is InChI=1S/C23H19ClN2O2/c1-3-7-16(4-2)23(28)26-15-14-25-22(26)20-9-6-5-8-19(20)21(27)17-10-12-18(24)13-11-17/h3-13H,1-2,14-15H2/b16-7+. The number of halogens is 1. The average molecular weight is 391 g/mol. The summed E-state index contributed by atoms with van der Waals surface area (Å²) in [4.78, 5) is 32.0. The van der Waals surface area contributed by atoms with E-state index < -0.39 is 0 Å². The van der Waals surface area contributed by atoms with Crippen molar-refractivity contribution in [2.24, 2.45) is 4.99 Å². The molecule has 0 fully saturated rings. The molecule has 0 bridgehead atoms. The average Bonchev–Trinajstić information content (AvgIpc) is 3.21. The minimum Gasteiger partial charge on any atom is -0.291 e. The highest BCUT2D eigenvalue weighted by Gasteiger charge is 2.28. The summed E-state index contributed by atoms with van der Waals surface area (Å²) >= 11 is 5.93. The van der Waals surface area contributed by atoms with Crippen LogP contribution in [-0.4, -0.2) is 35.5 Å². The van der Waals surface area contributed by atoms with Crippen LogP contribution in [0.2, 0.25) is 5.02 Å². The summed E-state index contributed by atoms with van der Waals surface area (Å²) in [7, 11) is 0. The Hall–Kier alpha value is -3.24. The normalized spacial score (nSPS) is 13.8. The van der Waals surface area contributed by atoms with Crippen LogP contribution in [0, 0.1) is 0 Å². The number of benzene rings is 2. The lowest BCUT2D eigenvalue weighted by atomic mass is 9.97. The van der Waals surface area contributed by atoms with Gasteiger partial charge in [0.15, 0.2) is 5.78 Å². The molecule has 0 N–H and O–H groups in total. The van der Waals surface area contributed by atoms with Crippen molar-refractivity contribution in [3.8, 4) is 0 Å². The number of amides is 1. The minimum absolute atomic E-state index is 0.153. The van der Waals surface area contributed by atoms with Crippen molar-refractivity contribution in [3.05, 3.63) is 107 Å². The van der Waals surface area contributed by atoms with E-state index in [0.29, 0.717) is 46.2 Å². The summed E-state index contributed by atoms with van der Waals surface area (Å²) in [6.45, 7) is 8.25. The second kappa shape index (κ2) is 8.63. The van der Waals surface area contributed by atoms with Crippen LogP contribution in [0.3, 0.4) is 0 Å². The molecular weight excluding hydrogens is 372 g/mol. The maximum atomic E-state index is 13.1. The van der Waals surface area contributed by atoms with Gasteiger partial charge in [-0.25, -0.2) is 0 Å². The monoisotopic (exact) mass is 390 g/mol. The lowest BCUT2D eigenvalue weighted by Gasteiger charge is -2.20. The minimum atomic E-state index is -0.222. The molecule has 4 nitrogen and oxygen atoms in total. The molecule has 5 heteroatoms. The largest absolute Gasteiger partial charge is 0.291 e. The van der Waals surface area contributed by atoms with Crippen molar-refractivity contribution in [1.82, 2.24) is 4.90 Å². The number of carbonyl (C=O) groups is 2. The van der Waals surface area contributed by atoms with Crippen molar-refractivity contribution >= 4 is 29.1 Å². The molecule has 1 aliphatic rings. The molecule has 1 amide bonds. The molecule has 0 atom stereocenters. The number of rotatable bonds is 6. The van der Waals surface area contributed by atoms with E-state index in [0.717, 1.165) is 0 Å². The Morgan fingerprint density at radius 2 is 1.79 bits per heavy atom. The first-order chi connectivity index (χ1) is 13.6. The Labute approximate surface area is 169 Å². The van der Waals surface area contributed by atoms with Gasteiger partial charge in [0.25, 0.3) is 5.91 Å². The van der Waals surface area contributed by atoms with Crippen LogP contribution in [0.5, 0.6) is 0 Å². The summed E-state index contributed by atoms with van der Waals surface area (Å²) in [5.74, 6) is 0.111. The zero-order chi connectivity index (χ0) is 20.1. The third-order valence-electron chi connectivity index (χ3n) is 4.37. The van der Waals surface area contributed by atoms with Crippen molar-refractivity contribution < 1.29 is 9.59 Å². The van der Waals surface area contributed by atoms with Gasteiger partial charge in [-0.1, -0.05) is 67.3 Å². The summed E-state index contributed by atoms with van der Waals surface area (Å²) in [6.07, 6.45) is 4.64. The van der Waals surface area contributed by atoms with Gasteiger partial charge >= 0.3 is 0 Å². The van der Waals surface area contributed by atoms with Gasteiger partial charge in [-0.3, -0.25) is 19.5 Å². The fraction of sp³-hybridized carbons (Fsp3) is 0.0870. The molecule has 1 heterocycles. The zero-order valence-corrected chi connectivity index (χ0v) is 16.0. The van der Waals surface area contributed by atoms with Crippen molar-refractivity contribution in [2.45, 2.75) is 0 Å². The molecule has 0 aromatic heterocycles. The number of ketones is 1. The first-order valence-corrected chi connectivity index (χ1v) is 9.15. The molecule has 2 aromatic rings. The van der Waals surface area contributed by atoms with Gasteiger partial charge in [-0.05, 0) is 24.3 Å². The second-order valence-corrected chi connectivity index (χ2v) is 6.54. The van der Waals surface area contributed by atoms with Crippen molar-refractivity contribution in [3.63, 3.8) is 0 Å². The van der Waals surface area contributed by atoms with Gasteiger partial charge in [0.1, 0.15) is 5.84 Å². The molecule has 28 heavy (non-hydrogen) atoms. The predicted octanol–water partition coefficient (Wildman–Crippen LogP) is 4.46. The van der Waals surface area contributed by atoms with Crippen LogP contribution in [0.4, 0.5) is 0 Å². The van der Waals surface area contributed by atoms with E-state index in [1.165, 1.54) is 6.08 Å². The maximum absolute atomic E-state index is 13.1. The lowest BCUT2D eigenvalue weighted by Crippen LogP contribution is -2.36. The van der Waals surface area contributed by atoms with E-state index in [1.54, 1.807) is 59.5 Å². The lowest BCUT2D eigenvalue weighted by molar-refractivity contribution is -0.122. The number of allylic oxidation sites excluding steroid dienone is 2. The van der Waals surface area contributed by atoms with E-state index in [4.69, 9.17) is 11.6 Å². The van der Waals surface area contributed by atoms with Crippen LogP contribution in [0.25, 0.3) is 0 Å². The predicted molar refractivity (Wildman–Crippen MR) is 113 cm³/mol. The van der Waals surface area contributed by atoms with Crippen molar-refractivity contribution in [1.29, 1.82) is 0 Å². The molecule has 1 aliphatic heterocycles. The van der Waals surface area contributed by atoms with E-state index in [2.05, 4.69) is 18.2 Å². The summed E-state index contributed by atoms with van der Waals surface area (Å²) < 4.78 is 0. The molecule has 0 saturated heterocycles. The van der Waals surface area contributed by atoms with E-state index in [1.807, 2.05) is 6.07 Å². The summed E-state index contributed by atoms with van der Waals surface area (Å²) in [5, 5.41) is 0.563. The first kappa shape index (κ1) is 19.5. The summed E-state index contributed by atoms with van der Waals surface area (Å²) in [5.41, 5.74) is 2.05. The Bertz CT molecular complexity index is 1000. The van der Waals surface area contributed by atoms with E-state index >= 15 is 0 Å². The zero-order valence-electron chi connectivity index (χ0n) is 15.3. The van der Waals surface area contributed by atoms with Gasteiger partial charge in [0.2, 0.25) is 0 Å². The fourth-order valence-corrected chi connectivity index (χ4v) is 3.14. The topological polar surface area (TPSA) is 49.7 Å². The highest BCUT2D eigenvalue weighted by Crippen LogP contribution is 2.22.